The standard InChI is InChI=1S/C10H5IO3S/c11-15-10-8(5-12)14-7-4-2-1-3-6(7)9(10)13/h1-5H. The minimum atomic E-state index is -0.154. The first-order valence-electron chi connectivity index (χ1n) is 4.07. The molecule has 0 aliphatic rings. The van der Waals surface area contributed by atoms with Gasteiger partial charge in [-0.15, -0.1) is 0 Å². The van der Waals surface area contributed by atoms with Gasteiger partial charge in [-0.2, -0.15) is 0 Å². The predicted molar refractivity (Wildman–Crippen MR) is 67.7 cm³/mol. The lowest BCUT2D eigenvalue weighted by Crippen LogP contribution is -2.06. The van der Waals surface area contributed by atoms with E-state index in [1.54, 1.807) is 24.3 Å². The van der Waals surface area contributed by atoms with Gasteiger partial charge in [-0.05, 0) is 21.1 Å². The van der Waals surface area contributed by atoms with E-state index in [0.29, 0.717) is 22.2 Å². The number of hydrogen-bond donors (Lipinski definition) is 0. The van der Waals surface area contributed by atoms with E-state index in [9.17, 15) is 9.59 Å². The lowest BCUT2D eigenvalue weighted by atomic mass is 10.2. The Labute approximate surface area is 101 Å². The van der Waals surface area contributed by atoms with E-state index in [0.717, 1.165) is 0 Å². The van der Waals surface area contributed by atoms with Gasteiger partial charge in [-0.1, -0.05) is 12.1 Å². The monoisotopic (exact) mass is 332 g/mol. The highest BCUT2D eigenvalue weighted by Gasteiger charge is 2.12. The molecular weight excluding hydrogens is 327 g/mol. The summed E-state index contributed by atoms with van der Waals surface area (Å²) in [7, 11) is 1.19. The van der Waals surface area contributed by atoms with Gasteiger partial charge in [0.2, 0.25) is 5.43 Å². The average molecular weight is 332 g/mol. The second-order valence-electron chi connectivity index (χ2n) is 2.82. The molecule has 0 amide bonds. The fraction of sp³-hybridized carbons (Fsp3) is 0. The van der Waals surface area contributed by atoms with E-state index >= 15 is 0 Å². The molecule has 0 fully saturated rings. The third-order valence-electron chi connectivity index (χ3n) is 1.97. The van der Waals surface area contributed by atoms with Crippen LogP contribution >= 0.6 is 30.1 Å². The highest BCUT2D eigenvalue weighted by atomic mass is 127. The molecule has 0 bridgehead atoms. The molecule has 1 aromatic carbocycles. The predicted octanol–water partition coefficient (Wildman–Crippen LogP) is 3.05. The molecule has 1 heterocycles. The summed E-state index contributed by atoms with van der Waals surface area (Å²) in [5.74, 6) is 0.0955. The van der Waals surface area contributed by atoms with Crippen molar-refractivity contribution in [3.05, 3.63) is 40.2 Å². The zero-order valence-corrected chi connectivity index (χ0v) is 10.4. The maximum absolute atomic E-state index is 11.9. The summed E-state index contributed by atoms with van der Waals surface area (Å²) in [6.07, 6.45) is 0.564. The molecule has 0 aliphatic carbocycles. The fourth-order valence-corrected chi connectivity index (χ4v) is 2.89. The number of rotatable bonds is 2. The van der Waals surface area contributed by atoms with E-state index in [-0.39, 0.29) is 11.2 Å². The van der Waals surface area contributed by atoms with Gasteiger partial charge in [0.05, 0.1) is 5.39 Å². The largest absolute Gasteiger partial charge is 0.452 e. The van der Waals surface area contributed by atoms with E-state index in [4.69, 9.17) is 4.42 Å². The van der Waals surface area contributed by atoms with Crippen LogP contribution in [0.3, 0.4) is 0 Å². The van der Waals surface area contributed by atoms with Crippen molar-refractivity contribution in [2.24, 2.45) is 0 Å². The molecule has 5 heteroatoms. The smallest absolute Gasteiger partial charge is 0.207 e. The fourth-order valence-electron chi connectivity index (χ4n) is 1.29. The van der Waals surface area contributed by atoms with Gasteiger partial charge in [0.15, 0.2) is 12.0 Å². The Morgan fingerprint density at radius 2 is 2.07 bits per heavy atom. The maximum atomic E-state index is 11.9. The second kappa shape index (κ2) is 4.36. The highest BCUT2D eigenvalue weighted by Crippen LogP contribution is 2.27. The quantitative estimate of drug-likeness (QED) is 0.626. The molecule has 0 aliphatic heterocycles. The third kappa shape index (κ3) is 1.81. The lowest BCUT2D eigenvalue weighted by molar-refractivity contribution is 0.109. The van der Waals surface area contributed by atoms with Gasteiger partial charge >= 0.3 is 0 Å². The third-order valence-corrected chi connectivity index (χ3v) is 3.83. The van der Waals surface area contributed by atoms with Crippen molar-refractivity contribution in [2.75, 3.05) is 0 Å². The normalized spacial score (nSPS) is 10.5. The van der Waals surface area contributed by atoms with Crippen LogP contribution in [0.15, 0.2) is 38.4 Å². The van der Waals surface area contributed by atoms with Gasteiger partial charge < -0.3 is 4.42 Å². The van der Waals surface area contributed by atoms with Crippen molar-refractivity contribution >= 4 is 47.4 Å². The van der Waals surface area contributed by atoms with Crippen molar-refractivity contribution in [3.8, 4) is 0 Å². The van der Waals surface area contributed by atoms with Crippen LogP contribution in [0.25, 0.3) is 11.0 Å². The molecule has 0 spiro atoms. The summed E-state index contributed by atoms with van der Waals surface area (Å²) in [6, 6.07) is 6.88. The zero-order valence-electron chi connectivity index (χ0n) is 7.40. The Morgan fingerprint density at radius 3 is 2.73 bits per heavy atom. The molecule has 15 heavy (non-hydrogen) atoms. The van der Waals surface area contributed by atoms with Crippen molar-refractivity contribution < 1.29 is 9.21 Å². The first-order valence-corrected chi connectivity index (χ1v) is 7.43. The number of halogens is 1. The Balaban J connectivity index is 2.94. The van der Waals surface area contributed by atoms with Crippen LogP contribution in [0.2, 0.25) is 0 Å². The summed E-state index contributed by atoms with van der Waals surface area (Å²) >= 11 is 1.96. The van der Waals surface area contributed by atoms with Crippen LogP contribution in [-0.4, -0.2) is 6.29 Å². The van der Waals surface area contributed by atoms with Crippen molar-refractivity contribution in [1.29, 1.82) is 0 Å². The molecule has 1 aromatic heterocycles. The van der Waals surface area contributed by atoms with Crippen LogP contribution in [0.5, 0.6) is 0 Å². The molecule has 2 rings (SSSR count). The van der Waals surface area contributed by atoms with Gasteiger partial charge in [-0.25, -0.2) is 0 Å². The number of benzene rings is 1. The number of carbonyl (C=O) groups excluding carboxylic acids is 1. The van der Waals surface area contributed by atoms with Gasteiger partial charge in [0.1, 0.15) is 10.5 Å². The highest BCUT2D eigenvalue weighted by molar-refractivity contribution is 14.2. The van der Waals surface area contributed by atoms with E-state index in [1.165, 1.54) is 8.93 Å². The van der Waals surface area contributed by atoms with Gasteiger partial charge in [-0.3, -0.25) is 9.59 Å². The molecule has 3 nitrogen and oxygen atoms in total. The number of para-hydroxylation sites is 1. The van der Waals surface area contributed by atoms with Crippen LogP contribution in [0, 0.1) is 0 Å². The zero-order chi connectivity index (χ0) is 10.8. The number of hydrogen-bond acceptors (Lipinski definition) is 4. The molecule has 0 saturated carbocycles. The Morgan fingerprint density at radius 1 is 1.33 bits per heavy atom. The Kier molecular flexibility index (Phi) is 3.11. The van der Waals surface area contributed by atoms with Crippen molar-refractivity contribution in [2.45, 2.75) is 4.90 Å². The van der Waals surface area contributed by atoms with Crippen LogP contribution in [-0.2, 0) is 0 Å². The SMILES string of the molecule is O=Cc1oc2ccccc2c(=O)c1SI. The molecular formula is C10H5IO3S. The summed E-state index contributed by atoms with van der Waals surface area (Å²) < 4.78 is 5.32. The van der Waals surface area contributed by atoms with E-state index in [1.807, 2.05) is 21.2 Å². The van der Waals surface area contributed by atoms with Crippen molar-refractivity contribution in [3.63, 3.8) is 0 Å². The number of aldehydes is 1. The summed E-state index contributed by atoms with van der Waals surface area (Å²) in [5, 5.41) is 0.502. The van der Waals surface area contributed by atoms with Gasteiger partial charge in [0, 0.05) is 21.2 Å². The molecule has 0 saturated heterocycles. The van der Waals surface area contributed by atoms with Crippen LogP contribution in [0.1, 0.15) is 10.6 Å². The maximum Gasteiger partial charge on any atom is 0.207 e. The second-order valence-corrected chi connectivity index (χ2v) is 4.70. The molecule has 76 valence electrons. The van der Waals surface area contributed by atoms with E-state index in [2.05, 4.69) is 0 Å². The van der Waals surface area contributed by atoms with Crippen LogP contribution < -0.4 is 5.43 Å². The van der Waals surface area contributed by atoms with Crippen molar-refractivity contribution in [1.82, 2.24) is 0 Å². The number of fused-ring (bicyclic) bond motifs is 1. The Bertz CT molecular complexity index is 576. The Hall–Kier alpha value is -0.820. The minimum absolute atomic E-state index is 0.0955. The average Bonchev–Trinajstić information content (AvgIpc) is 2.29. The topological polar surface area (TPSA) is 47.3 Å². The minimum Gasteiger partial charge on any atom is -0.452 e. The molecule has 0 unspecified atom stereocenters. The first kappa shape index (κ1) is 10.7. The molecule has 0 atom stereocenters. The molecule has 0 N–H and O–H groups in total. The van der Waals surface area contributed by atoms with E-state index < -0.39 is 0 Å². The first-order chi connectivity index (χ1) is 7.27. The summed E-state index contributed by atoms with van der Waals surface area (Å²) in [5.41, 5.74) is 0.289. The summed E-state index contributed by atoms with van der Waals surface area (Å²) in [6.45, 7) is 0. The van der Waals surface area contributed by atoms with Crippen LogP contribution in [0.4, 0.5) is 0 Å². The lowest BCUT2D eigenvalue weighted by Gasteiger charge is -2.01. The number of carbonyl (C=O) groups is 1. The molecule has 0 radical (unpaired) electrons. The summed E-state index contributed by atoms with van der Waals surface area (Å²) in [4.78, 5) is 23.0. The molecule has 2 aromatic rings. The van der Waals surface area contributed by atoms with Gasteiger partial charge in [0.25, 0.3) is 0 Å².